The predicted molar refractivity (Wildman–Crippen MR) is 54.8 cm³/mol. The SMILES string of the molecule is CC(CO)NCc1ccc(C(F)F)cc1. The Morgan fingerprint density at radius 1 is 1.27 bits per heavy atom. The highest BCUT2D eigenvalue weighted by molar-refractivity contribution is 5.23. The molecule has 0 aliphatic rings. The lowest BCUT2D eigenvalue weighted by Gasteiger charge is -2.10. The third-order valence-corrected chi connectivity index (χ3v) is 2.16. The highest BCUT2D eigenvalue weighted by atomic mass is 19.3. The van der Waals surface area contributed by atoms with Gasteiger partial charge in [-0.15, -0.1) is 0 Å². The van der Waals surface area contributed by atoms with Crippen LogP contribution in [0.15, 0.2) is 24.3 Å². The van der Waals surface area contributed by atoms with Gasteiger partial charge in [-0.3, -0.25) is 0 Å². The molecule has 0 radical (unpaired) electrons. The van der Waals surface area contributed by atoms with E-state index in [0.29, 0.717) is 6.54 Å². The van der Waals surface area contributed by atoms with Crippen molar-refractivity contribution in [2.75, 3.05) is 6.61 Å². The zero-order valence-corrected chi connectivity index (χ0v) is 8.58. The molecule has 2 N–H and O–H groups in total. The number of benzene rings is 1. The van der Waals surface area contributed by atoms with Crippen molar-refractivity contribution in [1.82, 2.24) is 5.32 Å². The Balaban J connectivity index is 2.50. The Morgan fingerprint density at radius 3 is 2.33 bits per heavy atom. The molecule has 1 aromatic carbocycles. The summed E-state index contributed by atoms with van der Waals surface area (Å²) in [5, 5.41) is 11.8. The lowest BCUT2D eigenvalue weighted by atomic mass is 10.1. The van der Waals surface area contributed by atoms with Gasteiger partial charge in [0.15, 0.2) is 0 Å². The molecule has 0 saturated carbocycles. The number of halogens is 2. The van der Waals surface area contributed by atoms with Crippen molar-refractivity contribution >= 4 is 0 Å². The molecule has 0 bridgehead atoms. The van der Waals surface area contributed by atoms with Gasteiger partial charge in [0.1, 0.15) is 0 Å². The largest absolute Gasteiger partial charge is 0.395 e. The molecule has 1 rings (SSSR count). The van der Waals surface area contributed by atoms with Crippen molar-refractivity contribution in [2.24, 2.45) is 0 Å². The fraction of sp³-hybridized carbons (Fsp3) is 0.455. The van der Waals surface area contributed by atoms with Crippen LogP contribution in [0.1, 0.15) is 24.5 Å². The minimum Gasteiger partial charge on any atom is -0.395 e. The van der Waals surface area contributed by atoms with Gasteiger partial charge in [-0.1, -0.05) is 24.3 Å². The number of hydrogen-bond acceptors (Lipinski definition) is 2. The van der Waals surface area contributed by atoms with E-state index in [4.69, 9.17) is 5.11 Å². The molecule has 4 heteroatoms. The summed E-state index contributed by atoms with van der Waals surface area (Å²) in [6, 6.07) is 6.19. The molecule has 2 nitrogen and oxygen atoms in total. The fourth-order valence-corrected chi connectivity index (χ4v) is 1.14. The van der Waals surface area contributed by atoms with Crippen molar-refractivity contribution in [3.8, 4) is 0 Å². The third-order valence-electron chi connectivity index (χ3n) is 2.16. The Kier molecular flexibility index (Phi) is 4.65. The van der Waals surface area contributed by atoms with E-state index in [1.807, 2.05) is 6.92 Å². The van der Waals surface area contributed by atoms with Gasteiger partial charge in [-0.25, -0.2) is 8.78 Å². The normalized spacial score (nSPS) is 13.1. The van der Waals surface area contributed by atoms with Crippen molar-refractivity contribution in [1.29, 1.82) is 0 Å². The summed E-state index contributed by atoms with van der Waals surface area (Å²) in [4.78, 5) is 0. The second-order valence-electron chi connectivity index (χ2n) is 3.51. The monoisotopic (exact) mass is 215 g/mol. The molecule has 0 aliphatic heterocycles. The van der Waals surface area contributed by atoms with Gasteiger partial charge in [0.25, 0.3) is 6.43 Å². The molecule has 1 atom stereocenters. The van der Waals surface area contributed by atoms with Crippen molar-refractivity contribution < 1.29 is 13.9 Å². The van der Waals surface area contributed by atoms with Gasteiger partial charge in [0, 0.05) is 18.2 Å². The molecule has 84 valence electrons. The summed E-state index contributed by atoms with van der Waals surface area (Å²) in [7, 11) is 0. The smallest absolute Gasteiger partial charge is 0.263 e. The number of rotatable bonds is 5. The quantitative estimate of drug-likeness (QED) is 0.788. The number of aliphatic hydroxyl groups excluding tert-OH is 1. The molecule has 0 fully saturated rings. The summed E-state index contributed by atoms with van der Waals surface area (Å²) in [6.07, 6.45) is -2.41. The summed E-state index contributed by atoms with van der Waals surface area (Å²) in [6.45, 7) is 2.49. The van der Waals surface area contributed by atoms with Gasteiger partial charge < -0.3 is 10.4 Å². The topological polar surface area (TPSA) is 32.3 Å². The highest BCUT2D eigenvalue weighted by Crippen LogP contribution is 2.18. The van der Waals surface area contributed by atoms with Crippen LogP contribution >= 0.6 is 0 Å². The average Bonchev–Trinajstić information content (AvgIpc) is 2.26. The molecular formula is C11H15F2NO. The minimum atomic E-state index is -2.41. The Hall–Kier alpha value is -1.00. The van der Waals surface area contributed by atoms with Crippen LogP contribution in [0.3, 0.4) is 0 Å². The van der Waals surface area contributed by atoms with E-state index in [1.54, 1.807) is 12.1 Å². The molecule has 0 spiro atoms. The van der Waals surface area contributed by atoms with Crippen LogP contribution in [0, 0.1) is 0 Å². The Labute approximate surface area is 87.9 Å². The van der Waals surface area contributed by atoms with E-state index in [1.165, 1.54) is 12.1 Å². The Morgan fingerprint density at radius 2 is 1.87 bits per heavy atom. The van der Waals surface area contributed by atoms with Gasteiger partial charge in [-0.05, 0) is 12.5 Å². The first kappa shape index (κ1) is 12.1. The predicted octanol–water partition coefficient (Wildman–Crippen LogP) is 2.09. The van der Waals surface area contributed by atoms with Gasteiger partial charge in [-0.2, -0.15) is 0 Å². The van der Waals surface area contributed by atoms with E-state index in [9.17, 15) is 8.78 Å². The number of alkyl halides is 2. The maximum atomic E-state index is 12.2. The molecule has 0 aromatic heterocycles. The molecular weight excluding hydrogens is 200 g/mol. The van der Waals surface area contributed by atoms with Crippen LogP contribution < -0.4 is 5.32 Å². The van der Waals surface area contributed by atoms with Crippen LogP contribution in [-0.2, 0) is 6.54 Å². The Bertz CT molecular complexity index is 287. The summed E-state index contributed by atoms with van der Waals surface area (Å²) in [5.41, 5.74) is 0.966. The lowest BCUT2D eigenvalue weighted by Crippen LogP contribution is -2.28. The number of hydrogen-bond donors (Lipinski definition) is 2. The van der Waals surface area contributed by atoms with E-state index in [0.717, 1.165) is 5.56 Å². The molecule has 1 aromatic rings. The van der Waals surface area contributed by atoms with Crippen LogP contribution in [0.4, 0.5) is 8.78 Å². The first-order chi connectivity index (χ1) is 7.13. The van der Waals surface area contributed by atoms with Crippen molar-refractivity contribution in [3.63, 3.8) is 0 Å². The zero-order chi connectivity index (χ0) is 11.3. The lowest BCUT2D eigenvalue weighted by molar-refractivity contribution is 0.151. The van der Waals surface area contributed by atoms with Crippen LogP contribution in [-0.4, -0.2) is 17.8 Å². The molecule has 0 saturated heterocycles. The molecule has 1 unspecified atom stereocenters. The summed E-state index contributed by atoms with van der Waals surface area (Å²) in [5.74, 6) is 0. The van der Waals surface area contributed by atoms with Crippen LogP contribution in [0.25, 0.3) is 0 Å². The second-order valence-corrected chi connectivity index (χ2v) is 3.51. The maximum Gasteiger partial charge on any atom is 0.263 e. The zero-order valence-electron chi connectivity index (χ0n) is 8.58. The van der Waals surface area contributed by atoms with Crippen molar-refractivity contribution in [3.05, 3.63) is 35.4 Å². The molecule has 0 heterocycles. The highest BCUT2D eigenvalue weighted by Gasteiger charge is 2.06. The van der Waals surface area contributed by atoms with E-state index < -0.39 is 6.43 Å². The molecule has 0 amide bonds. The first-order valence-electron chi connectivity index (χ1n) is 4.84. The number of aliphatic hydroxyl groups is 1. The van der Waals surface area contributed by atoms with Gasteiger partial charge in [0.2, 0.25) is 0 Å². The van der Waals surface area contributed by atoms with E-state index >= 15 is 0 Å². The van der Waals surface area contributed by atoms with Crippen LogP contribution in [0.5, 0.6) is 0 Å². The number of nitrogens with one attached hydrogen (secondary N) is 1. The van der Waals surface area contributed by atoms with Crippen molar-refractivity contribution in [2.45, 2.75) is 25.9 Å². The minimum absolute atomic E-state index is 0.0137. The van der Waals surface area contributed by atoms with Crippen LogP contribution in [0.2, 0.25) is 0 Å². The fourth-order valence-electron chi connectivity index (χ4n) is 1.14. The standard InChI is InChI=1S/C11H15F2NO/c1-8(7-15)14-6-9-2-4-10(5-3-9)11(12)13/h2-5,8,11,14-15H,6-7H2,1H3. The molecule has 15 heavy (non-hydrogen) atoms. The second kappa shape index (κ2) is 5.78. The van der Waals surface area contributed by atoms with Gasteiger partial charge >= 0.3 is 0 Å². The maximum absolute atomic E-state index is 12.2. The first-order valence-corrected chi connectivity index (χ1v) is 4.84. The van der Waals surface area contributed by atoms with Gasteiger partial charge in [0.05, 0.1) is 6.61 Å². The summed E-state index contributed by atoms with van der Waals surface area (Å²) >= 11 is 0. The summed E-state index contributed by atoms with van der Waals surface area (Å²) < 4.78 is 24.4. The average molecular weight is 215 g/mol. The third kappa shape index (κ3) is 3.93. The van der Waals surface area contributed by atoms with E-state index in [-0.39, 0.29) is 18.2 Å². The van der Waals surface area contributed by atoms with E-state index in [2.05, 4.69) is 5.32 Å². The molecule has 0 aliphatic carbocycles.